The van der Waals surface area contributed by atoms with Gasteiger partial charge >= 0.3 is 0 Å². The summed E-state index contributed by atoms with van der Waals surface area (Å²) in [5, 5.41) is 1.17. The second-order valence-corrected chi connectivity index (χ2v) is 4.64. The van der Waals surface area contributed by atoms with E-state index in [9.17, 15) is 0 Å². The van der Waals surface area contributed by atoms with Gasteiger partial charge < -0.3 is 10.7 Å². The molecule has 4 nitrogen and oxygen atoms in total. The van der Waals surface area contributed by atoms with Crippen LogP contribution in [-0.4, -0.2) is 21.0 Å². The van der Waals surface area contributed by atoms with Crippen LogP contribution in [0.2, 0.25) is 0 Å². The van der Waals surface area contributed by atoms with E-state index in [1.165, 1.54) is 23.8 Å². The second-order valence-electron chi connectivity index (χ2n) is 4.64. The lowest BCUT2D eigenvalue weighted by Gasteiger charge is -2.25. The van der Waals surface area contributed by atoms with Crippen molar-refractivity contribution < 1.29 is 0 Å². The zero-order valence-electron chi connectivity index (χ0n) is 9.19. The number of nitrogens with one attached hydrogen (secondary N) is 1. The summed E-state index contributed by atoms with van der Waals surface area (Å²) in [7, 11) is 0. The van der Waals surface area contributed by atoms with E-state index in [-0.39, 0.29) is 0 Å². The first-order valence-electron chi connectivity index (χ1n) is 5.87. The number of aromatic nitrogens is 3. The molecular formula is C12H16N4. The van der Waals surface area contributed by atoms with Gasteiger partial charge in [-0.3, -0.25) is 0 Å². The summed E-state index contributed by atoms with van der Waals surface area (Å²) in [6, 6.07) is 0.401. The van der Waals surface area contributed by atoms with Crippen LogP contribution in [-0.2, 0) is 0 Å². The maximum absolute atomic E-state index is 5.93. The Bertz CT molecular complexity index is 482. The maximum atomic E-state index is 5.93. The zero-order valence-corrected chi connectivity index (χ0v) is 9.19. The largest absolute Gasteiger partial charge is 0.346 e. The van der Waals surface area contributed by atoms with E-state index in [2.05, 4.69) is 21.1 Å². The molecule has 2 heterocycles. The predicted molar refractivity (Wildman–Crippen MR) is 63.1 cm³/mol. The Kier molecular flexibility index (Phi) is 2.36. The molecule has 0 bridgehead atoms. The van der Waals surface area contributed by atoms with E-state index in [1.807, 2.05) is 6.20 Å². The number of H-pyrrole nitrogens is 1. The van der Waals surface area contributed by atoms with Crippen molar-refractivity contribution in [2.75, 3.05) is 0 Å². The fourth-order valence-electron chi connectivity index (χ4n) is 2.65. The summed E-state index contributed by atoms with van der Waals surface area (Å²) in [6.07, 6.45) is 10.2. The molecule has 3 N–H and O–H groups in total. The lowest BCUT2D eigenvalue weighted by Crippen LogP contribution is -2.25. The van der Waals surface area contributed by atoms with E-state index in [0.717, 1.165) is 18.5 Å². The molecule has 1 fully saturated rings. The van der Waals surface area contributed by atoms with Gasteiger partial charge in [-0.05, 0) is 37.2 Å². The Balaban J connectivity index is 1.94. The molecule has 16 heavy (non-hydrogen) atoms. The zero-order chi connectivity index (χ0) is 11.0. The predicted octanol–water partition coefficient (Wildman–Crippen LogP) is 1.94. The third-order valence-corrected chi connectivity index (χ3v) is 3.60. The minimum Gasteiger partial charge on any atom is -0.346 e. The molecule has 0 radical (unpaired) electrons. The third kappa shape index (κ3) is 1.59. The highest BCUT2D eigenvalue weighted by molar-refractivity contribution is 5.79. The first kappa shape index (κ1) is 9.78. The Morgan fingerprint density at radius 1 is 1.25 bits per heavy atom. The molecule has 0 aliphatic heterocycles. The third-order valence-electron chi connectivity index (χ3n) is 3.60. The smallest absolute Gasteiger partial charge is 0.140 e. The second kappa shape index (κ2) is 3.87. The number of nitrogens with two attached hydrogens (primary N) is 1. The van der Waals surface area contributed by atoms with Gasteiger partial charge in [0.25, 0.3) is 0 Å². The Morgan fingerprint density at radius 3 is 2.88 bits per heavy atom. The van der Waals surface area contributed by atoms with E-state index >= 15 is 0 Å². The summed E-state index contributed by atoms with van der Waals surface area (Å²) < 4.78 is 0. The standard InChI is InChI=1S/C12H16N4/c13-9-3-1-8(2-4-9)10-6-15-12-11(10)5-14-7-16-12/h5-9H,1-4,13H2,(H,14,15,16). The molecule has 4 heteroatoms. The molecular weight excluding hydrogens is 200 g/mol. The van der Waals surface area contributed by atoms with Gasteiger partial charge in [-0.25, -0.2) is 9.97 Å². The van der Waals surface area contributed by atoms with Gasteiger partial charge in [0.05, 0.1) is 0 Å². The van der Waals surface area contributed by atoms with Gasteiger partial charge in [0.1, 0.15) is 12.0 Å². The molecule has 0 spiro atoms. The molecule has 0 aromatic carbocycles. The summed E-state index contributed by atoms with van der Waals surface area (Å²) in [6.45, 7) is 0. The highest BCUT2D eigenvalue weighted by atomic mass is 14.9. The molecule has 2 aromatic heterocycles. The summed E-state index contributed by atoms with van der Waals surface area (Å²) >= 11 is 0. The van der Waals surface area contributed by atoms with E-state index < -0.39 is 0 Å². The Labute approximate surface area is 94.3 Å². The van der Waals surface area contributed by atoms with Gasteiger partial charge in [0, 0.05) is 23.8 Å². The van der Waals surface area contributed by atoms with Gasteiger partial charge in [-0.1, -0.05) is 0 Å². The molecule has 0 saturated heterocycles. The van der Waals surface area contributed by atoms with Crippen molar-refractivity contribution in [3.05, 3.63) is 24.3 Å². The number of hydrogen-bond donors (Lipinski definition) is 2. The van der Waals surface area contributed by atoms with Crippen molar-refractivity contribution in [1.29, 1.82) is 0 Å². The van der Waals surface area contributed by atoms with Crippen LogP contribution in [0.3, 0.4) is 0 Å². The van der Waals surface area contributed by atoms with Crippen molar-refractivity contribution in [2.45, 2.75) is 37.6 Å². The molecule has 0 atom stereocenters. The van der Waals surface area contributed by atoms with Gasteiger partial charge in [0.2, 0.25) is 0 Å². The average Bonchev–Trinajstić information content (AvgIpc) is 2.74. The molecule has 3 rings (SSSR count). The van der Waals surface area contributed by atoms with Crippen molar-refractivity contribution in [3.63, 3.8) is 0 Å². The highest BCUT2D eigenvalue weighted by Gasteiger charge is 2.22. The van der Waals surface area contributed by atoms with Crippen molar-refractivity contribution in [1.82, 2.24) is 15.0 Å². The van der Waals surface area contributed by atoms with Crippen LogP contribution in [0.25, 0.3) is 11.0 Å². The number of aromatic amines is 1. The molecule has 84 valence electrons. The minimum absolute atomic E-state index is 0.401. The average molecular weight is 216 g/mol. The number of hydrogen-bond acceptors (Lipinski definition) is 3. The quantitative estimate of drug-likeness (QED) is 0.765. The van der Waals surface area contributed by atoms with Crippen LogP contribution >= 0.6 is 0 Å². The van der Waals surface area contributed by atoms with Gasteiger partial charge in [-0.15, -0.1) is 0 Å². The van der Waals surface area contributed by atoms with Crippen LogP contribution in [0.5, 0.6) is 0 Å². The topological polar surface area (TPSA) is 67.6 Å². The minimum atomic E-state index is 0.401. The highest BCUT2D eigenvalue weighted by Crippen LogP contribution is 2.35. The lowest BCUT2D eigenvalue weighted by molar-refractivity contribution is 0.397. The Morgan fingerprint density at radius 2 is 2.06 bits per heavy atom. The number of rotatable bonds is 1. The summed E-state index contributed by atoms with van der Waals surface area (Å²) in [5.41, 5.74) is 8.24. The lowest BCUT2D eigenvalue weighted by atomic mass is 9.82. The Hall–Kier alpha value is -1.42. The maximum Gasteiger partial charge on any atom is 0.140 e. The molecule has 0 amide bonds. The first-order chi connectivity index (χ1) is 7.84. The van der Waals surface area contributed by atoms with Crippen LogP contribution in [0.15, 0.2) is 18.7 Å². The van der Waals surface area contributed by atoms with Crippen LogP contribution in [0.4, 0.5) is 0 Å². The van der Waals surface area contributed by atoms with E-state index in [0.29, 0.717) is 12.0 Å². The number of nitrogens with zero attached hydrogens (tertiary/aromatic N) is 2. The van der Waals surface area contributed by atoms with Crippen molar-refractivity contribution in [3.8, 4) is 0 Å². The van der Waals surface area contributed by atoms with Crippen LogP contribution < -0.4 is 5.73 Å². The molecule has 2 aromatic rings. The monoisotopic (exact) mass is 216 g/mol. The molecule has 0 unspecified atom stereocenters. The number of fused-ring (bicyclic) bond motifs is 1. The van der Waals surface area contributed by atoms with Crippen LogP contribution in [0.1, 0.15) is 37.2 Å². The van der Waals surface area contributed by atoms with Gasteiger partial charge in [0.15, 0.2) is 0 Å². The fourth-order valence-corrected chi connectivity index (χ4v) is 2.65. The summed E-state index contributed by atoms with van der Waals surface area (Å²) in [4.78, 5) is 11.5. The summed E-state index contributed by atoms with van der Waals surface area (Å²) in [5.74, 6) is 0.625. The molecule has 1 aliphatic rings. The normalized spacial score (nSPS) is 26.1. The van der Waals surface area contributed by atoms with Crippen molar-refractivity contribution >= 4 is 11.0 Å². The van der Waals surface area contributed by atoms with E-state index in [1.54, 1.807) is 6.33 Å². The van der Waals surface area contributed by atoms with Gasteiger partial charge in [-0.2, -0.15) is 0 Å². The molecule has 1 aliphatic carbocycles. The fraction of sp³-hybridized carbons (Fsp3) is 0.500. The van der Waals surface area contributed by atoms with Crippen LogP contribution in [0, 0.1) is 0 Å². The first-order valence-corrected chi connectivity index (χ1v) is 5.87. The van der Waals surface area contributed by atoms with Crippen molar-refractivity contribution in [2.24, 2.45) is 5.73 Å². The van der Waals surface area contributed by atoms with E-state index in [4.69, 9.17) is 5.73 Å². The molecule has 1 saturated carbocycles. The SMILES string of the molecule is NC1CCC(c2c[nH]c3ncncc23)CC1.